The SMILES string of the molecule is O=C(NCC1CCS(=O)(=O)C1)c1ccc(-c2cccc3nc(NC(=O)C4CC4)nn23)cc1. The molecule has 0 spiro atoms. The van der Waals surface area contributed by atoms with E-state index in [1.165, 1.54) is 0 Å². The molecule has 1 atom stereocenters. The van der Waals surface area contributed by atoms with Gasteiger partial charge in [0.15, 0.2) is 15.5 Å². The smallest absolute Gasteiger partial charge is 0.251 e. The number of sulfone groups is 1. The van der Waals surface area contributed by atoms with E-state index in [0.717, 1.165) is 24.1 Å². The quantitative estimate of drug-likeness (QED) is 0.588. The first-order valence-corrected chi connectivity index (χ1v) is 12.5. The monoisotopic (exact) mass is 453 g/mol. The highest BCUT2D eigenvalue weighted by Gasteiger charge is 2.30. The van der Waals surface area contributed by atoms with Crippen molar-refractivity contribution in [1.82, 2.24) is 19.9 Å². The van der Waals surface area contributed by atoms with Gasteiger partial charge in [0.1, 0.15) is 0 Å². The number of carbonyl (C=O) groups is 2. The van der Waals surface area contributed by atoms with Gasteiger partial charge in [-0.25, -0.2) is 12.9 Å². The van der Waals surface area contributed by atoms with Crippen molar-refractivity contribution in [3.05, 3.63) is 48.0 Å². The van der Waals surface area contributed by atoms with Gasteiger partial charge < -0.3 is 5.32 Å². The number of anilines is 1. The van der Waals surface area contributed by atoms with Gasteiger partial charge >= 0.3 is 0 Å². The molecule has 0 radical (unpaired) electrons. The molecule has 1 saturated carbocycles. The lowest BCUT2D eigenvalue weighted by Crippen LogP contribution is -2.29. The van der Waals surface area contributed by atoms with Gasteiger partial charge in [0, 0.05) is 23.6 Å². The average molecular weight is 454 g/mol. The van der Waals surface area contributed by atoms with Gasteiger partial charge in [0.05, 0.1) is 17.2 Å². The Hall–Kier alpha value is -3.27. The maximum Gasteiger partial charge on any atom is 0.251 e. The minimum atomic E-state index is -2.96. The van der Waals surface area contributed by atoms with Crippen LogP contribution in [0.15, 0.2) is 42.5 Å². The lowest BCUT2D eigenvalue weighted by atomic mass is 10.1. The zero-order valence-corrected chi connectivity index (χ0v) is 18.1. The molecule has 5 rings (SSSR count). The number of fused-ring (bicyclic) bond motifs is 1. The average Bonchev–Trinajstić information content (AvgIpc) is 3.46. The van der Waals surface area contributed by atoms with Crippen molar-refractivity contribution in [1.29, 1.82) is 0 Å². The number of nitrogens with zero attached hydrogens (tertiary/aromatic N) is 3. The van der Waals surface area contributed by atoms with Crippen LogP contribution < -0.4 is 10.6 Å². The van der Waals surface area contributed by atoms with E-state index in [1.807, 2.05) is 30.3 Å². The number of aromatic nitrogens is 3. The summed E-state index contributed by atoms with van der Waals surface area (Å²) < 4.78 is 24.8. The Morgan fingerprint density at radius 3 is 2.53 bits per heavy atom. The second kappa shape index (κ2) is 8.01. The molecule has 9 nitrogen and oxygen atoms in total. The van der Waals surface area contributed by atoms with Gasteiger partial charge in [-0.2, -0.15) is 4.98 Å². The number of carbonyl (C=O) groups excluding carboxylic acids is 2. The standard InChI is InChI=1S/C22H23N5O4S/c28-20(23-12-14-10-11-32(30,31)13-14)16-6-4-15(5-7-16)18-2-1-3-19-24-22(26-27(18)19)25-21(29)17-8-9-17/h1-7,14,17H,8-13H2,(H,23,28)(H,25,26,29). The lowest BCUT2D eigenvalue weighted by Gasteiger charge is -2.10. The van der Waals surface area contributed by atoms with Gasteiger partial charge in [0.2, 0.25) is 11.9 Å². The van der Waals surface area contributed by atoms with E-state index in [2.05, 4.69) is 20.7 Å². The fourth-order valence-corrected chi connectivity index (χ4v) is 5.76. The van der Waals surface area contributed by atoms with E-state index in [1.54, 1.807) is 16.6 Å². The van der Waals surface area contributed by atoms with Gasteiger partial charge in [0.25, 0.3) is 5.91 Å². The largest absolute Gasteiger partial charge is 0.352 e. The van der Waals surface area contributed by atoms with Crippen LogP contribution in [-0.2, 0) is 14.6 Å². The molecule has 1 saturated heterocycles. The lowest BCUT2D eigenvalue weighted by molar-refractivity contribution is -0.117. The molecule has 1 unspecified atom stereocenters. The van der Waals surface area contributed by atoms with Crippen LogP contribution in [-0.4, -0.2) is 52.9 Å². The number of pyridine rings is 1. The van der Waals surface area contributed by atoms with E-state index in [0.29, 0.717) is 24.2 Å². The molecule has 2 aliphatic rings. The molecule has 32 heavy (non-hydrogen) atoms. The topological polar surface area (TPSA) is 123 Å². The Morgan fingerprint density at radius 1 is 1.06 bits per heavy atom. The molecule has 1 aromatic carbocycles. The predicted octanol–water partition coefficient (Wildman–Crippen LogP) is 1.91. The van der Waals surface area contributed by atoms with Crippen LogP contribution in [0.2, 0.25) is 0 Å². The predicted molar refractivity (Wildman–Crippen MR) is 119 cm³/mol. The molecular formula is C22H23N5O4S. The van der Waals surface area contributed by atoms with E-state index in [4.69, 9.17) is 0 Å². The Labute approximate surface area is 185 Å². The molecule has 3 heterocycles. The van der Waals surface area contributed by atoms with Crippen molar-refractivity contribution < 1.29 is 18.0 Å². The Balaban J connectivity index is 1.29. The van der Waals surface area contributed by atoms with Crippen molar-refractivity contribution in [2.24, 2.45) is 11.8 Å². The molecule has 166 valence electrons. The number of amides is 2. The van der Waals surface area contributed by atoms with E-state index >= 15 is 0 Å². The summed E-state index contributed by atoms with van der Waals surface area (Å²) in [6.07, 6.45) is 2.40. The molecule has 2 aromatic heterocycles. The highest BCUT2D eigenvalue weighted by atomic mass is 32.2. The zero-order valence-electron chi connectivity index (χ0n) is 17.3. The van der Waals surface area contributed by atoms with Gasteiger partial charge in [-0.15, -0.1) is 5.10 Å². The maximum atomic E-state index is 12.5. The van der Waals surface area contributed by atoms with Gasteiger partial charge in [-0.05, 0) is 49.4 Å². The zero-order chi connectivity index (χ0) is 22.3. The molecule has 0 bridgehead atoms. The molecule has 2 N–H and O–H groups in total. The highest BCUT2D eigenvalue weighted by Crippen LogP contribution is 2.30. The van der Waals surface area contributed by atoms with Crippen LogP contribution in [0.3, 0.4) is 0 Å². The summed E-state index contributed by atoms with van der Waals surface area (Å²) in [6.45, 7) is 0.355. The molecule has 1 aliphatic carbocycles. The van der Waals surface area contributed by atoms with Gasteiger partial charge in [-0.3, -0.25) is 14.9 Å². The molecule has 1 aliphatic heterocycles. The number of hydrogen-bond donors (Lipinski definition) is 2. The van der Waals surface area contributed by atoms with Crippen LogP contribution >= 0.6 is 0 Å². The number of rotatable bonds is 6. The van der Waals surface area contributed by atoms with Crippen molar-refractivity contribution >= 4 is 33.2 Å². The summed E-state index contributed by atoms with van der Waals surface area (Å²) in [5, 5.41) is 10.0. The van der Waals surface area contributed by atoms with Crippen LogP contribution in [0.25, 0.3) is 16.9 Å². The first-order valence-electron chi connectivity index (χ1n) is 10.6. The van der Waals surface area contributed by atoms with Crippen LogP contribution in [0.4, 0.5) is 5.95 Å². The number of hydrogen-bond acceptors (Lipinski definition) is 6. The summed E-state index contributed by atoms with van der Waals surface area (Å²) in [7, 11) is -2.96. The Morgan fingerprint density at radius 2 is 1.84 bits per heavy atom. The summed E-state index contributed by atoms with van der Waals surface area (Å²) >= 11 is 0. The third-order valence-corrected chi connectivity index (χ3v) is 7.70. The summed E-state index contributed by atoms with van der Waals surface area (Å²) in [6, 6.07) is 12.7. The van der Waals surface area contributed by atoms with Crippen LogP contribution in [0, 0.1) is 11.8 Å². The molecule has 10 heteroatoms. The van der Waals surface area contributed by atoms with Crippen molar-refractivity contribution in [2.75, 3.05) is 23.4 Å². The van der Waals surface area contributed by atoms with E-state index in [-0.39, 0.29) is 41.1 Å². The number of benzene rings is 1. The van der Waals surface area contributed by atoms with Crippen LogP contribution in [0.1, 0.15) is 29.6 Å². The molecule has 2 fully saturated rings. The summed E-state index contributed by atoms with van der Waals surface area (Å²) in [5.41, 5.74) is 2.74. The third-order valence-electron chi connectivity index (χ3n) is 5.86. The highest BCUT2D eigenvalue weighted by molar-refractivity contribution is 7.91. The normalized spacial score (nSPS) is 19.7. The Kier molecular flexibility index (Phi) is 5.16. The first-order chi connectivity index (χ1) is 15.4. The van der Waals surface area contributed by atoms with Crippen molar-refractivity contribution in [3.63, 3.8) is 0 Å². The second-order valence-corrected chi connectivity index (χ2v) is 10.7. The number of nitrogens with one attached hydrogen (secondary N) is 2. The summed E-state index contributed by atoms with van der Waals surface area (Å²) in [4.78, 5) is 28.8. The molecule has 2 amide bonds. The fourth-order valence-electron chi connectivity index (χ4n) is 3.90. The minimum absolute atomic E-state index is 0.0252. The third kappa shape index (κ3) is 4.36. The Bertz CT molecular complexity index is 1300. The first kappa shape index (κ1) is 20.6. The minimum Gasteiger partial charge on any atom is -0.352 e. The summed E-state index contributed by atoms with van der Waals surface area (Å²) in [5.74, 6) is 0.372. The van der Waals surface area contributed by atoms with Crippen LogP contribution in [0.5, 0.6) is 0 Å². The van der Waals surface area contributed by atoms with Crippen molar-refractivity contribution in [2.45, 2.75) is 19.3 Å². The van der Waals surface area contributed by atoms with E-state index in [9.17, 15) is 18.0 Å². The van der Waals surface area contributed by atoms with Crippen molar-refractivity contribution in [3.8, 4) is 11.3 Å². The fraction of sp³-hybridized carbons (Fsp3) is 0.364. The van der Waals surface area contributed by atoms with Gasteiger partial charge in [-0.1, -0.05) is 18.2 Å². The second-order valence-electron chi connectivity index (χ2n) is 8.44. The van der Waals surface area contributed by atoms with E-state index < -0.39 is 9.84 Å². The maximum absolute atomic E-state index is 12.5. The molecule has 3 aromatic rings. The molecular weight excluding hydrogens is 430 g/mol.